The number of unbranched alkanes of at least 4 members (excludes halogenated alkanes) is 6. The maximum atomic E-state index is 11.4. The molecule has 0 aromatic carbocycles. The Morgan fingerprint density at radius 2 is 1.96 bits per heavy atom. The number of esters is 1. The van der Waals surface area contributed by atoms with Crippen LogP contribution in [-0.4, -0.2) is 17.0 Å². The van der Waals surface area contributed by atoms with Gasteiger partial charge >= 0.3 is 5.97 Å². The number of rotatable bonds is 13. The van der Waals surface area contributed by atoms with Crippen LogP contribution in [0, 0.1) is 11.8 Å². The summed E-state index contributed by atoms with van der Waals surface area (Å²) in [6.07, 6.45) is 22.0. The fraction of sp³-hybridized carbons (Fsp3) is 0.857. The predicted octanol–water partition coefficient (Wildman–Crippen LogP) is 6.86. The van der Waals surface area contributed by atoms with Gasteiger partial charge in [0.2, 0.25) is 0 Å². The normalized spacial score (nSPS) is 22.1. The average molecular weight is 448 g/mol. The Bertz CT molecular complexity index is 354. The minimum absolute atomic E-state index is 0.0301. The highest BCUT2D eigenvalue weighted by molar-refractivity contribution is 14.1. The van der Waals surface area contributed by atoms with Gasteiger partial charge in [0.25, 0.3) is 0 Å². The molecule has 1 rings (SSSR count). The topological polar surface area (TPSA) is 26.3 Å². The summed E-state index contributed by atoms with van der Waals surface area (Å²) in [5.74, 6) is 1.67. The Morgan fingerprint density at radius 3 is 2.71 bits per heavy atom. The van der Waals surface area contributed by atoms with Crippen LogP contribution < -0.4 is 0 Å². The van der Waals surface area contributed by atoms with Crippen molar-refractivity contribution in [2.45, 2.75) is 94.3 Å². The van der Waals surface area contributed by atoms with E-state index in [0.29, 0.717) is 0 Å². The van der Waals surface area contributed by atoms with Crippen molar-refractivity contribution in [1.82, 2.24) is 0 Å². The molecule has 0 bridgehead atoms. The highest BCUT2D eigenvalue weighted by Crippen LogP contribution is 2.36. The highest BCUT2D eigenvalue weighted by Gasteiger charge is 2.24. The molecule has 1 saturated carbocycles. The molecule has 0 amide bonds. The number of carbonyl (C=O) groups is 1. The third-order valence-electron chi connectivity index (χ3n) is 5.31. The van der Waals surface area contributed by atoms with Crippen molar-refractivity contribution in [3.63, 3.8) is 0 Å². The smallest absolute Gasteiger partial charge is 0.318 e. The summed E-state index contributed by atoms with van der Waals surface area (Å²) in [4.78, 5) is 11.4. The molecule has 24 heavy (non-hydrogen) atoms. The second-order valence-electron chi connectivity index (χ2n) is 7.26. The van der Waals surface area contributed by atoms with Gasteiger partial charge in [-0.15, -0.1) is 0 Å². The summed E-state index contributed by atoms with van der Waals surface area (Å²) in [5, 5.41) is 0. The second kappa shape index (κ2) is 14.1. The molecule has 1 aliphatic rings. The Labute approximate surface area is 163 Å². The molecule has 2 nitrogen and oxygen atoms in total. The van der Waals surface area contributed by atoms with Crippen LogP contribution in [0.5, 0.6) is 0 Å². The minimum atomic E-state index is -0.0736. The Morgan fingerprint density at radius 1 is 1.17 bits per heavy atom. The van der Waals surface area contributed by atoms with E-state index in [9.17, 15) is 4.79 Å². The fourth-order valence-corrected chi connectivity index (χ4v) is 4.48. The van der Waals surface area contributed by atoms with Gasteiger partial charge in [-0.2, -0.15) is 0 Å². The molecular formula is C21H37IO2. The van der Waals surface area contributed by atoms with Gasteiger partial charge in [0.1, 0.15) is 3.92 Å². The van der Waals surface area contributed by atoms with Gasteiger partial charge in [0, 0.05) is 0 Å². The average Bonchev–Trinajstić information content (AvgIpc) is 3.04. The zero-order valence-corrected chi connectivity index (χ0v) is 17.9. The molecule has 0 aromatic rings. The van der Waals surface area contributed by atoms with Crippen LogP contribution in [0.25, 0.3) is 0 Å². The summed E-state index contributed by atoms with van der Waals surface area (Å²) >= 11 is 2.20. The number of hydrogen-bond acceptors (Lipinski definition) is 2. The van der Waals surface area contributed by atoms with Crippen LogP contribution in [0.2, 0.25) is 0 Å². The van der Waals surface area contributed by atoms with Crippen LogP contribution >= 0.6 is 22.6 Å². The standard InChI is InChI=1S/C21H37IO2/c1-3-4-5-6-7-9-13-18-15-12-16-19(18)14-10-8-11-17-20(22)21(23)24-2/h9,13,18-20H,3-8,10-12,14-17H2,1-2H3/t18-,19-,20?/m0/s1. The molecule has 0 heterocycles. The summed E-state index contributed by atoms with van der Waals surface area (Å²) < 4.78 is 4.81. The molecule has 1 unspecified atom stereocenters. The number of methoxy groups -OCH3 is 1. The maximum absolute atomic E-state index is 11.4. The van der Waals surface area contributed by atoms with Gasteiger partial charge in [-0.25, -0.2) is 0 Å². The lowest BCUT2D eigenvalue weighted by atomic mass is 9.90. The lowest BCUT2D eigenvalue weighted by Gasteiger charge is -2.16. The van der Waals surface area contributed by atoms with Crippen LogP contribution in [-0.2, 0) is 9.53 Å². The summed E-state index contributed by atoms with van der Waals surface area (Å²) in [6, 6.07) is 0. The number of carbonyl (C=O) groups excluding carboxylic acids is 1. The molecule has 1 aliphatic carbocycles. The number of alkyl halides is 1. The monoisotopic (exact) mass is 448 g/mol. The second-order valence-corrected chi connectivity index (χ2v) is 8.76. The van der Waals surface area contributed by atoms with E-state index in [1.165, 1.54) is 77.7 Å². The first kappa shape index (κ1) is 22.0. The summed E-state index contributed by atoms with van der Waals surface area (Å²) in [7, 11) is 1.48. The zero-order chi connectivity index (χ0) is 17.6. The van der Waals surface area contributed by atoms with Crippen LogP contribution in [0.3, 0.4) is 0 Å². The van der Waals surface area contributed by atoms with Crippen molar-refractivity contribution in [2.24, 2.45) is 11.8 Å². The highest BCUT2D eigenvalue weighted by atomic mass is 127. The van der Waals surface area contributed by atoms with Gasteiger partial charge < -0.3 is 4.74 Å². The first-order valence-electron chi connectivity index (χ1n) is 10.1. The van der Waals surface area contributed by atoms with E-state index in [-0.39, 0.29) is 9.89 Å². The molecule has 0 N–H and O–H groups in total. The van der Waals surface area contributed by atoms with E-state index in [2.05, 4.69) is 41.7 Å². The van der Waals surface area contributed by atoms with Crippen molar-refractivity contribution >= 4 is 28.6 Å². The van der Waals surface area contributed by atoms with Gasteiger partial charge in [-0.3, -0.25) is 4.79 Å². The maximum Gasteiger partial charge on any atom is 0.318 e. The zero-order valence-electron chi connectivity index (χ0n) is 15.8. The predicted molar refractivity (Wildman–Crippen MR) is 112 cm³/mol. The van der Waals surface area contributed by atoms with E-state index >= 15 is 0 Å². The minimum Gasteiger partial charge on any atom is -0.468 e. The fourth-order valence-electron chi connectivity index (χ4n) is 3.79. The van der Waals surface area contributed by atoms with Crippen molar-refractivity contribution < 1.29 is 9.53 Å². The first-order chi connectivity index (χ1) is 11.7. The van der Waals surface area contributed by atoms with Crippen LogP contribution in [0.1, 0.15) is 90.4 Å². The molecule has 0 saturated heterocycles. The van der Waals surface area contributed by atoms with Crippen molar-refractivity contribution in [1.29, 1.82) is 0 Å². The molecule has 3 heteroatoms. The molecule has 1 fully saturated rings. The molecule has 0 aromatic heterocycles. The molecule has 0 spiro atoms. The SMILES string of the molecule is CCCCCCC=C[C@H]1CCC[C@@H]1CCCCCC(I)C(=O)OC. The van der Waals surface area contributed by atoms with E-state index in [1.807, 2.05) is 0 Å². The molecule has 0 radical (unpaired) electrons. The van der Waals surface area contributed by atoms with E-state index in [0.717, 1.165) is 24.7 Å². The number of hydrogen-bond donors (Lipinski definition) is 0. The molecule has 0 aliphatic heterocycles. The van der Waals surface area contributed by atoms with Crippen molar-refractivity contribution in [3.05, 3.63) is 12.2 Å². The molecular weight excluding hydrogens is 411 g/mol. The van der Waals surface area contributed by atoms with Gasteiger partial charge in [-0.1, -0.05) is 86.6 Å². The first-order valence-corrected chi connectivity index (χ1v) is 11.3. The van der Waals surface area contributed by atoms with Crippen LogP contribution in [0.4, 0.5) is 0 Å². The van der Waals surface area contributed by atoms with Crippen LogP contribution in [0.15, 0.2) is 12.2 Å². The van der Waals surface area contributed by atoms with Gasteiger partial charge in [0.15, 0.2) is 0 Å². The summed E-state index contributed by atoms with van der Waals surface area (Å²) in [6.45, 7) is 2.27. The van der Waals surface area contributed by atoms with E-state index < -0.39 is 0 Å². The third kappa shape index (κ3) is 9.43. The Balaban J connectivity index is 2.11. The van der Waals surface area contributed by atoms with Gasteiger partial charge in [0.05, 0.1) is 7.11 Å². The largest absolute Gasteiger partial charge is 0.468 e. The van der Waals surface area contributed by atoms with E-state index in [4.69, 9.17) is 4.74 Å². The number of allylic oxidation sites excluding steroid dienone is 2. The van der Waals surface area contributed by atoms with Crippen molar-refractivity contribution in [3.8, 4) is 0 Å². The molecule has 3 atom stereocenters. The molecule has 140 valence electrons. The lowest BCUT2D eigenvalue weighted by molar-refractivity contribution is -0.139. The number of ether oxygens (including phenoxy) is 1. The Hall–Kier alpha value is -0.0600. The quantitative estimate of drug-likeness (QED) is 0.101. The summed E-state index contributed by atoms with van der Waals surface area (Å²) in [5.41, 5.74) is 0. The van der Waals surface area contributed by atoms with E-state index in [1.54, 1.807) is 0 Å². The third-order valence-corrected chi connectivity index (χ3v) is 6.45. The van der Waals surface area contributed by atoms with Gasteiger partial charge in [-0.05, 0) is 50.4 Å². The van der Waals surface area contributed by atoms with Crippen molar-refractivity contribution in [2.75, 3.05) is 7.11 Å². The lowest BCUT2D eigenvalue weighted by Crippen LogP contribution is -2.15. The number of halogens is 1. The Kier molecular flexibility index (Phi) is 13.0.